The highest BCUT2D eigenvalue weighted by molar-refractivity contribution is 5.78. The van der Waals surface area contributed by atoms with E-state index in [2.05, 4.69) is 0 Å². The van der Waals surface area contributed by atoms with E-state index in [4.69, 9.17) is 10.2 Å². The first-order valence-electron chi connectivity index (χ1n) is 8.47. The Labute approximate surface area is 133 Å². The van der Waals surface area contributed by atoms with E-state index >= 15 is 0 Å². The van der Waals surface area contributed by atoms with E-state index < -0.39 is 11.9 Å². The summed E-state index contributed by atoms with van der Waals surface area (Å²) in [4.78, 5) is 32.1. The first-order valence-corrected chi connectivity index (χ1v) is 8.47. The second kappa shape index (κ2) is 14.5. The first-order chi connectivity index (χ1) is 10.5. The summed E-state index contributed by atoms with van der Waals surface area (Å²) < 4.78 is 0. The van der Waals surface area contributed by atoms with Gasteiger partial charge in [-0.15, -0.1) is 0 Å². The van der Waals surface area contributed by atoms with Crippen LogP contribution >= 0.6 is 0 Å². The number of carbonyl (C=O) groups excluding carboxylic acids is 1. The van der Waals surface area contributed by atoms with Crippen LogP contribution in [0.25, 0.3) is 0 Å². The third kappa shape index (κ3) is 16.7. The highest BCUT2D eigenvalue weighted by atomic mass is 16.4. The van der Waals surface area contributed by atoms with Crippen LogP contribution in [0.5, 0.6) is 0 Å². The van der Waals surface area contributed by atoms with Gasteiger partial charge in [-0.3, -0.25) is 14.4 Å². The zero-order valence-electron chi connectivity index (χ0n) is 13.5. The number of aliphatic carboxylic acids is 2. The molecular weight excluding hydrogens is 284 g/mol. The van der Waals surface area contributed by atoms with Crippen molar-refractivity contribution in [3.8, 4) is 0 Å². The Bertz CT molecular complexity index is 325. The fourth-order valence-corrected chi connectivity index (χ4v) is 2.40. The van der Waals surface area contributed by atoms with Crippen LogP contribution in [0.15, 0.2) is 0 Å². The molecule has 0 aliphatic rings. The normalized spacial score (nSPS) is 10.5. The number of hydrogen-bond acceptors (Lipinski definition) is 3. The van der Waals surface area contributed by atoms with Crippen molar-refractivity contribution in [3.63, 3.8) is 0 Å². The monoisotopic (exact) mass is 314 g/mol. The van der Waals surface area contributed by atoms with Crippen molar-refractivity contribution >= 4 is 17.7 Å². The van der Waals surface area contributed by atoms with E-state index in [-0.39, 0.29) is 18.6 Å². The van der Waals surface area contributed by atoms with Gasteiger partial charge in [0.2, 0.25) is 0 Å². The summed E-state index contributed by atoms with van der Waals surface area (Å²) in [5, 5.41) is 17.0. The number of carbonyl (C=O) groups is 3. The molecule has 0 aromatic heterocycles. The van der Waals surface area contributed by atoms with E-state index in [1.807, 2.05) is 0 Å². The maximum atomic E-state index is 11.5. The van der Waals surface area contributed by atoms with E-state index in [0.29, 0.717) is 19.3 Å². The maximum Gasteiger partial charge on any atom is 0.303 e. The molecule has 0 aliphatic carbocycles. The number of Topliss-reactive ketones (excluding diaryl/α,β-unsaturated/α-hetero) is 1. The number of unbranched alkanes of at least 4 members (excludes halogenated alkanes) is 8. The van der Waals surface area contributed by atoms with Gasteiger partial charge in [-0.2, -0.15) is 0 Å². The summed E-state index contributed by atoms with van der Waals surface area (Å²) in [6.45, 7) is 0. The van der Waals surface area contributed by atoms with Crippen LogP contribution < -0.4 is 0 Å². The van der Waals surface area contributed by atoms with Gasteiger partial charge < -0.3 is 10.2 Å². The minimum atomic E-state index is -0.837. The maximum absolute atomic E-state index is 11.5. The van der Waals surface area contributed by atoms with E-state index in [1.165, 1.54) is 12.8 Å². The van der Waals surface area contributed by atoms with Gasteiger partial charge in [-0.05, 0) is 19.3 Å². The molecule has 128 valence electrons. The molecule has 0 bridgehead atoms. The molecule has 0 unspecified atom stereocenters. The molecule has 0 amide bonds. The van der Waals surface area contributed by atoms with Crippen LogP contribution in [-0.4, -0.2) is 27.9 Å². The Hall–Kier alpha value is -1.39. The smallest absolute Gasteiger partial charge is 0.303 e. The zero-order valence-corrected chi connectivity index (χ0v) is 13.5. The van der Waals surface area contributed by atoms with Crippen LogP contribution in [0.3, 0.4) is 0 Å². The van der Waals surface area contributed by atoms with Crippen molar-refractivity contribution in [3.05, 3.63) is 0 Å². The van der Waals surface area contributed by atoms with Crippen LogP contribution in [0, 0.1) is 0 Å². The molecule has 0 saturated carbocycles. The molecule has 5 heteroatoms. The molecule has 0 aromatic rings. The molecule has 0 atom stereocenters. The highest BCUT2D eigenvalue weighted by Gasteiger charge is 2.04. The van der Waals surface area contributed by atoms with Gasteiger partial charge in [-0.1, -0.05) is 44.9 Å². The van der Waals surface area contributed by atoms with E-state index in [0.717, 1.165) is 44.9 Å². The van der Waals surface area contributed by atoms with Crippen molar-refractivity contribution in [1.29, 1.82) is 0 Å². The molecule has 0 fully saturated rings. The summed E-state index contributed by atoms with van der Waals surface area (Å²) in [5.41, 5.74) is 0. The quantitative estimate of drug-likeness (QED) is 0.417. The molecule has 0 rings (SSSR count). The molecule has 0 spiro atoms. The largest absolute Gasteiger partial charge is 0.481 e. The Morgan fingerprint density at radius 3 is 1.23 bits per heavy atom. The lowest BCUT2D eigenvalue weighted by molar-refractivity contribution is -0.138. The lowest BCUT2D eigenvalue weighted by Crippen LogP contribution is -2.00. The summed E-state index contributed by atoms with van der Waals surface area (Å²) >= 11 is 0. The van der Waals surface area contributed by atoms with Crippen LogP contribution in [0.1, 0.15) is 89.9 Å². The third-order valence-electron chi connectivity index (χ3n) is 3.69. The van der Waals surface area contributed by atoms with Crippen molar-refractivity contribution in [2.24, 2.45) is 0 Å². The number of carboxylic acid groups (broad SMARTS) is 2. The SMILES string of the molecule is O=C(O)CCCCCCCCCCCC(=O)CCCC(=O)O. The van der Waals surface area contributed by atoms with Gasteiger partial charge in [0.25, 0.3) is 0 Å². The van der Waals surface area contributed by atoms with Crippen LogP contribution in [0.4, 0.5) is 0 Å². The second-order valence-corrected chi connectivity index (χ2v) is 5.86. The second-order valence-electron chi connectivity index (χ2n) is 5.86. The van der Waals surface area contributed by atoms with Crippen molar-refractivity contribution in [2.45, 2.75) is 89.9 Å². The Morgan fingerprint density at radius 2 is 0.773 bits per heavy atom. The number of carboxylic acids is 2. The van der Waals surface area contributed by atoms with E-state index in [1.54, 1.807) is 0 Å². The Balaban J connectivity index is 3.18. The van der Waals surface area contributed by atoms with Gasteiger partial charge >= 0.3 is 11.9 Å². The van der Waals surface area contributed by atoms with Gasteiger partial charge in [-0.25, -0.2) is 0 Å². The number of hydrogen-bond donors (Lipinski definition) is 2. The molecule has 0 aliphatic heterocycles. The molecule has 0 radical (unpaired) electrons. The fourth-order valence-electron chi connectivity index (χ4n) is 2.40. The molecular formula is C17H30O5. The molecule has 5 nitrogen and oxygen atoms in total. The summed E-state index contributed by atoms with van der Waals surface area (Å²) in [7, 11) is 0. The topological polar surface area (TPSA) is 91.7 Å². The van der Waals surface area contributed by atoms with Crippen molar-refractivity contribution in [1.82, 2.24) is 0 Å². The minimum Gasteiger partial charge on any atom is -0.481 e. The first kappa shape index (κ1) is 20.6. The predicted molar refractivity (Wildman–Crippen MR) is 84.9 cm³/mol. The molecule has 0 aromatic carbocycles. The Kier molecular flexibility index (Phi) is 13.6. The summed E-state index contributed by atoms with van der Waals surface area (Å²) in [6.07, 6.45) is 11.3. The van der Waals surface area contributed by atoms with Gasteiger partial charge in [0.1, 0.15) is 5.78 Å². The van der Waals surface area contributed by atoms with Gasteiger partial charge in [0, 0.05) is 25.7 Å². The summed E-state index contributed by atoms with van der Waals surface area (Å²) in [6, 6.07) is 0. The van der Waals surface area contributed by atoms with E-state index in [9.17, 15) is 14.4 Å². The standard InChI is InChI=1S/C17H30O5/c18-15(12-10-14-17(21)22)11-8-6-4-2-1-3-5-7-9-13-16(19)20/h1-14H2,(H,19,20)(H,21,22). The number of rotatable bonds is 16. The van der Waals surface area contributed by atoms with Gasteiger partial charge in [0.15, 0.2) is 0 Å². The Morgan fingerprint density at radius 1 is 0.455 bits per heavy atom. The zero-order chi connectivity index (χ0) is 16.6. The molecule has 2 N–H and O–H groups in total. The molecule has 22 heavy (non-hydrogen) atoms. The molecule has 0 heterocycles. The lowest BCUT2D eigenvalue weighted by Gasteiger charge is -2.02. The number of ketones is 1. The average Bonchev–Trinajstić information content (AvgIpc) is 2.44. The predicted octanol–water partition coefficient (Wildman–Crippen LogP) is 4.19. The summed E-state index contributed by atoms with van der Waals surface area (Å²) in [5.74, 6) is -1.37. The third-order valence-corrected chi connectivity index (χ3v) is 3.69. The van der Waals surface area contributed by atoms with Gasteiger partial charge in [0.05, 0.1) is 0 Å². The minimum absolute atomic E-state index is 0.0816. The van der Waals surface area contributed by atoms with Crippen LogP contribution in [0.2, 0.25) is 0 Å². The lowest BCUT2D eigenvalue weighted by atomic mass is 10.0. The molecule has 0 saturated heterocycles. The average molecular weight is 314 g/mol. The van der Waals surface area contributed by atoms with Crippen molar-refractivity contribution < 1.29 is 24.6 Å². The van der Waals surface area contributed by atoms with Crippen molar-refractivity contribution in [2.75, 3.05) is 0 Å². The van der Waals surface area contributed by atoms with Crippen LogP contribution in [-0.2, 0) is 14.4 Å². The highest BCUT2D eigenvalue weighted by Crippen LogP contribution is 2.12. The fraction of sp³-hybridized carbons (Fsp3) is 0.824.